The fourth-order valence-electron chi connectivity index (χ4n) is 2.08. The summed E-state index contributed by atoms with van der Waals surface area (Å²) in [5, 5.41) is 6.87. The largest absolute Gasteiger partial charge is 0.366 e. The van der Waals surface area contributed by atoms with Gasteiger partial charge in [-0.1, -0.05) is 12.1 Å². The summed E-state index contributed by atoms with van der Waals surface area (Å²) in [6.45, 7) is 0. The number of nitrogens with one attached hydrogen (secondary N) is 2. The lowest BCUT2D eigenvalue weighted by molar-refractivity contribution is 0.687. The minimum Gasteiger partial charge on any atom is -0.366 e. The van der Waals surface area contributed by atoms with Gasteiger partial charge in [-0.25, -0.2) is 0 Å². The van der Waals surface area contributed by atoms with E-state index < -0.39 is 0 Å². The van der Waals surface area contributed by atoms with Crippen molar-refractivity contribution in [1.82, 2.24) is 5.32 Å². The Labute approximate surface area is 96.1 Å². The predicted octanol–water partition coefficient (Wildman–Crippen LogP) is 2.48. The lowest BCUT2D eigenvalue weighted by atomic mass is 9.90. The summed E-state index contributed by atoms with van der Waals surface area (Å²) in [4.78, 5) is 0. The number of hydrogen-bond acceptors (Lipinski definition) is 1. The number of fused-ring (bicyclic) bond motifs is 1. The minimum absolute atomic E-state index is 0.689. The third kappa shape index (κ3) is 2.29. The van der Waals surface area contributed by atoms with E-state index in [1.807, 2.05) is 7.05 Å². The first kappa shape index (κ1) is 10.4. The van der Waals surface area contributed by atoms with Crippen LogP contribution in [-0.4, -0.2) is 12.2 Å². The molecule has 1 aromatic rings. The number of aryl methyl sites for hydroxylation is 1. The Morgan fingerprint density at radius 2 is 2.07 bits per heavy atom. The average molecular weight is 220 g/mol. The summed E-state index contributed by atoms with van der Waals surface area (Å²) in [5.41, 5.74) is 4.10. The number of rotatable bonds is 1. The number of anilines is 1. The van der Waals surface area contributed by atoms with Gasteiger partial charge < -0.3 is 10.6 Å². The molecule has 2 N–H and O–H groups in total. The van der Waals surface area contributed by atoms with E-state index in [-0.39, 0.29) is 0 Å². The molecule has 0 fully saturated rings. The van der Waals surface area contributed by atoms with Crippen LogP contribution in [0.15, 0.2) is 18.2 Å². The van der Waals surface area contributed by atoms with Crippen LogP contribution in [0.2, 0.25) is 0 Å². The molecule has 0 aromatic heterocycles. The standard InChI is InChI=1S/C12H16N2S/c1-13-12(15)14-11-8-4-6-9-5-2-3-7-10(9)11/h4,6,8H,2-3,5,7H2,1H3,(H2,13,14,15). The highest BCUT2D eigenvalue weighted by atomic mass is 32.1. The normalized spacial score (nSPS) is 14.2. The van der Waals surface area contributed by atoms with Gasteiger partial charge in [-0.05, 0) is 55.1 Å². The van der Waals surface area contributed by atoms with Crippen molar-refractivity contribution < 1.29 is 0 Å². The second-order valence-electron chi connectivity index (χ2n) is 3.85. The van der Waals surface area contributed by atoms with E-state index in [0.717, 1.165) is 0 Å². The molecule has 0 saturated heterocycles. The van der Waals surface area contributed by atoms with Crippen molar-refractivity contribution in [2.75, 3.05) is 12.4 Å². The van der Waals surface area contributed by atoms with Crippen LogP contribution in [0.4, 0.5) is 5.69 Å². The zero-order valence-electron chi connectivity index (χ0n) is 8.97. The highest BCUT2D eigenvalue weighted by molar-refractivity contribution is 7.80. The van der Waals surface area contributed by atoms with Crippen LogP contribution < -0.4 is 10.6 Å². The van der Waals surface area contributed by atoms with Gasteiger partial charge in [0.05, 0.1) is 0 Å². The molecule has 0 amide bonds. The van der Waals surface area contributed by atoms with Crippen LogP contribution in [0.25, 0.3) is 0 Å². The monoisotopic (exact) mass is 220 g/mol. The first-order valence-electron chi connectivity index (χ1n) is 5.41. The summed E-state index contributed by atoms with van der Waals surface area (Å²) >= 11 is 5.12. The Balaban J connectivity index is 2.27. The molecule has 0 heterocycles. The molecule has 1 aliphatic rings. The summed E-state index contributed by atoms with van der Waals surface area (Å²) in [7, 11) is 1.84. The van der Waals surface area contributed by atoms with E-state index in [1.54, 1.807) is 0 Å². The van der Waals surface area contributed by atoms with Crippen molar-refractivity contribution >= 4 is 23.0 Å². The van der Waals surface area contributed by atoms with E-state index in [2.05, 4.69) is 28.8 Å². The minimum atomic E-state index is 0.689. The summed E-state index contributed by atoms with van der Waals surface area (Å²) in [6.07, 6.45) is 4.98. The molecule has 15 heavy (non-hydrogen) atoms. The second-order valence-corrected chi connectivity index (χ2v) is 4.26. The van der Waals surface area contributed by atoms with Crippen LogP contribution in [0.1, 0.15) is 24.0 Å². The van der Waals surface area contributed by atoms with Crippen molar-refractivity contribution in [3.63, 3.8) is 0 Å². The quantitative estimate of drug-likeness (QED) is 0.711. The molecule has 80 valence electrons. The van der Waals surface area contributed by atoms with Crippen LogP contribution in [0.3, 0.4) is 0 Å². The van der Waals surface area contributed by atoms with Gasteiger partial charge in [-0.15, -0.1) is 0 Å². The van der Waals surface area contributed by atoms with Gasteiger partial charge in [-0.2, -0.15) is 0 Å². The zero-order chi connectivity index (χ0) is 10.7. The Kier molecular flexibility index (Phi) is 3.21. The third-order valence-corrected chi connectivity index (χ3v) is 3.18. The van der Waals surface area contributed by atoms with E-state index in [9.17, 15) is 0 Å². The SMILES string of the molecule is CNC(=S)Nc1cccc2c1CCCC2. The van der Waals surface area contributed by atoms with E-state index in [4.69, 9.17) is 12.2 Å². The van der Waals surface area contributed by atoms with Crippen molar-refractivity contribution in [2.45, 2.75) is 25.7 Å². The smallest absolute Gasteiger partial charge is 0.170 e. The predicted molar refractivity (Wildman–Crippen MR) is 68.4 cm³/mol. The molecule has 1 aliphatic carbocycles. The molecular weight excluding hydrogens is 204 g/mol. The molecule has 0 atom stereocenters. The Morgan fingerprint density at radius 1 is 1.27 bits per heavy atom. The zero-order valence-corrected chi connectivity index (χ0v) is 9.79. The number of hydrogen-bond donors (Lipinski definition) is 2. The van der Waals surface area contributed by atoms with E-state index >= 15 is 0 Å². The van der Waals surface area contributed by atoms with Gasteiger partial charge >= 0.3 is 0 Å². The molecule has 2 nitrogen and oxygen atoms in total. The van der Waals surface area contributed by atoms with E-state index in [0.29, 0.717) is 5.11 Å². The number of thiocarbonyl (C=S) groups is 1. The van der Waals surface area contributed by atoms with Crippen molar-refractivity contribution in [1.29, 1.82) is 0 Å². The highest BCUT2D eigenvalue weighted by Crippen LogP contribution is 2.27. The first-order chi connectivity index (χ1) is 7.31. The highest BCUT2D eigenvalue weighted by Gasteiger charge is 2.12. The number of benzene rings is 1. The maximum atomic E-state index is 5.12. The lowest BCUT2D eigenvalue weighted by Crippen LogP contribution is -2.25. The second kappa shape index (κ2) is 4.62. The van der Waals surface area contributed by atoms with Crippen molar-refractivity contribution in [2.24, 2.45) is 0 Å². The van der Waals surface area contributed by atoms with Crippen molar-refractivity contribution in [3.05, 3.63) is 29.3 Å². The summed E-state index contributed by atoms with van der Waals surface area (Å²) < 4.78 is 0. The molecule has 0 saturated carbocycles. The molecular formula is C12H16N2S. The molecule has 2 rings (SSSR count). The summed E-state index contributed by atoms with van der Waals surface area (Å²) in [5.74, 6) is 0. The van der Waals surface area contributed by atoms with Gasteiger partial charge in [0.2, 0.25) is 0 Å². The molecule has 0 spiro atoms. The summed E-state index contributed by atoms with van der Waals surface area (Å²) in [6, 6.07) is 6.43. The molecule has 0 aliphatic heterocycles. The van der Waals surface area contributed by atoms with Gasteiger partial charge in [0.1, 0.15) is 0 Å². The molecule has 3 heteroatoms. The van der Waals surface area contributed by atoms with Gasteiger partial charge in [-0.3, -0.25) is 0 Å². The first-order valence-corrected chi connectivity index (χ1v) is 5.81. The van der Waals surface area contributed by atoms with Gasteiger partial charge in [0.25, 0.3) is 0 Å². The third-order valence-electron chi connectivity index (χ3n) is 2.87. The lowest BCUT2D eigenvalue weighted by Gasteiger charge is -2.20. The topological polar surface area (TPSA) is 24.1 Å². The van der Waals surface area contributed by atoms with Crippen molar-refractivity contribution in [3.8, 4) is 0 Å². The Hall–Kier alpha value is -1.09. The molecule has 0 bridgehead atoms. The van der Waals surface area contributed by atoms with Crippen LogP contribution in [0.5, 0.6) is 0 Å². The maximum absolute atomic E-state index is 5.12. The average Bonchev–Trinajstić information content (AvgIpc) is 2.29. The Morgan fingerprint density at radius 3 is 2.87 bits per heavy atom. The molecule has 1 aromatic carbocycles. The van der Waals surface area contributed by atoms with E-state index in [1.165, 1.54) is 42.5 Å². The van der Waals surface area contributed by atoms with Crippen LogP contribution in [-0.2, 0) is 12.8 Å². The molecule has 0 unspecified atom stereocenters. The fourth-order valence-corrected chi connectivity index (χ4v) is 2.19. The Bertz CT molecular complexity index is 374. The van der Waals surface area contributed by atoms with Gasteiger partial charge in [0.15, 0.2) is 5.11 Å². The van der Waals surface area contributed by atoms with Crippen LogP contribution in [0, 0.1) is 0 Å². The van der Waals surface area contributed by atoms with Crippen LogP contribution >= 0.6 is 12.2 Å². The fraction of sp³-hybridized carbons (Fsp3) is 0.417. The maximum Gasteiger partial charge on any atom is 0.170 e. The van der Waals surface area contributed by atoms with Gasteiger partial charge in [0, 0.05) is 12.7 Å². The molecule has 0 radical (unpaired) electrons.